The van der Waals surface area contributed by atoms with Crippen LogP contribution in [-0.4, -0.2) is 36.9 Å². The second-order valence-electron chi connectivity index (χ2n) is 5.14. The van der Waals surface area contributed by atoms with Gasteiger partial charge in [0.1, 0.15) is 17.9 Å². The van der Waals surface area contributed by atoms with E-state index in [1.54, 1.807) is 20.0 Å². The highest BCUT2D eigenvalue weighted by molar-refractivity contribution is 6.30. The van der Waals surface area contributed by atoms with Crippen molar-refractivity contribution in [2.45, 2.75) is 25.9 Å². The van der Waals surface area contributed by atoms with Crippen LogP contribution in [0.5, 0.6) is 0 Å². The summed E-state index contributed by atoms with van der Waals surface area (Å²) in [6, 6.07) is 0. The van der Waals surface area contributed by atoms with Gasteiger partial charge in [-0.1, -0.05) is 11.6 Å². The summed E-state index contributed by atoms with van der Waals surface area (Å²) in [6.07, 6.45) is 5.50. The van der Waals surface area contributed by atoms with Gasteiger partial charge in [-0.2, -0.15) is 10.2 Å². The molecule has 2 aromatic heterocycles. The van der Waals surface area contributed by atoms with Crippen LogP contribution in [0.25, 0.3) is 0 Å². The Labute approximate surface area is 131 Å². The standard InChI is InChI=1S/C12H15ClN6O3/c1-12(2,18-7-9(13)5-16-18)11(20)14-3-4-17-8-10(6-15-17)19(21)22/h5-8H,3-4H2,1-2H3,(H,14,20). The van der Waals surface area contributed by atoms with Crippen molar-refractivity contribution in [1.82, 2.24) is 24.9 Å². The molecule has 0 atom stereocenters. The van der Waals surface area contributed by atoms with E-state index in [-0.39, 0.29) is 18.1 Å². The van der Waals surface area contributed by atoms with E-state index < -0.39 is 10.5 Å². The Morgan fingerprint density at radius 3 is 2.68 bits per heavy atom. The van der Waals surface area contributed by atoms with Crippen LogP contribution in [0.1, 0.15) is 13.8 Å². The molecule has 0 spiro atoms. The van der Waals surface area contributed by atoms with Crippen molar-refractivity contribution < 1.29 is 9.72 Å². The smallest absolute Gasteiger partial charge is 0.306 e. The number of rotatable bonds is 6. The lowest BCUT2D eigenvalue weighted by Crippen LogP contribution is -2.45. The van der Waals surface area contributed by atoms with Gasteiger partial charge in [-0.3, -0.25) is 24.3 Å². The molecular weight excluding hydrogens is 312 g/mol. The normalized spacial score (nSPS) is 11.4. The molecule has 9 nitrogen and oxygen atoms in total. The third-order valence-corrected chi connectivity index (χ3v) is 3.33. The highest BCUT2D eigenvalue weighted by atomic mass is 35.5. The molecule has 0 aliphatic heterocycles. The SMILES string of the molecule is CC(C)(C(=O)NCCn1cc([N+](=O)[O-])cn1)n1cc(Cl)cn1. The first-order valence-corrected chi connectivity index (χ1v) is 6.84. The average molecular weight is 327 g/mol. The van der Waals surface area contributed by atoms with Crippen LogP contribution in [0, 0.1) is 10.1 Å². The Morgan fingerprint density at radius 2 is 2.14 bits per heavy atom. The second kappa shape index (κ2) is 6.14. The number of carbonyl (C=O) groups is 1. The van der Waals surface area contributed by atoms with Crippen LogP contribution in [-0.2, 0) is 16.9 Å². The minimum atomic E-state index is -0.900. The number of hydrogen-bond acceptors (Lipinski definition) is 5. The summed E-state index contributed by atoms with van der Waals surface area (Å²) in [4.78, 5) is 22.3. The Morgan fingerprint density at radius 1 is 1.41 bits per heavy atom. The molecule has 0 unspecified atom stereocenters. The van der Waals surface area contributed by atoms with Crippen LogP contribution in [0.2, 0.25) is 5.02 Å². The van der Waals surface area contributed by atoms with Crippen LogP contribution < -0.4 is 5.32 Å². The molecule has 118 valence electrons. The first-order valence-electron chi connectivity index (χ1n) is 6.46. The van der Waals surface area contributed by atoms with Crippen molar-refractivity contribution in [3.05, 3.63) is 39.9 Å². The maximum absolute atomic E-state index is 12.2. The molecule has 0 saturated carbocycles. The molecule has 1 N–H and O–H groups in total. The molecule has 10 heteroatoms. The van der Waals surface area contributed by atoms with E-state index in [9.17, 15) is 14.9 Å². The Balaban J connectivity index is 1.90. The van der Waals surface area contributed by atoms with Gasteiger partial charge < -0.3 is 5.32 Å². The summed E-state index contributed by atoms with van der Waals surface area (Å²) in [7, 11) is 0. The van der Waals surface area contributed by atoms with Gasteiger partial charge in [0.05, 0.1) is 22.7 Å². The van der Waals surface area contributed by atoms with Crippen molar-refractivity contribution >= 4 is 23.2 Å². The fourth-order valence-electron chi connectivity index (χ4n) is 1.78. The Kier molecular flexibility index (Phi) is 4.45. The maximum atomic E-state index is 12.2. The van der Waals surface area contributed by atoms with Gasteiger partial charge in [-0.15, -0.1) is 0 Å². The number of nitrogens with one attached hydrogen (secondary N) is 1. The average Bonchev–Trinajstić information content (AvgIpc) is 3.07. The third-order valence-electron chi connectivity index (χ3n) is 3.14. The topological polar surface area (TPSA) is 108 Å². The molecule has 2 heterocycles. The monoisotopic (exact) mass is 326 g/mol. The van der Waals surface area contributed by atoms with E-state index in [1.807, 2.05) is 0 Å². The fourth-order valence-corrected chi connectivity index (χ4v) is 1.92. The van der Waals surface area contributed by atoms with Gasteiger partial charge in [0.2, 0.25) is 5.91 Å². The van der Waals surface area contributed by atoms with Gasteiger partial charge >= 0.3 is 5.69 Å². The number of nitrogens with zero attached hydrogens (tertiary/aromatic N) is 5. The first-order chi connectivity index (χ1) is 10.3. The number of carbonyl (C=O) groups excluding carboxylic acids is 1. The molecule has 0 aromatic carbocycles. The third kappa shape index (κ3) is 3.42. The molecular formula is C12H15ClN6O3. The minimum Gasteiger partial charge on any atom is -0.352 e. The summed E-state index contributed by atoms with van der Waals surface area (Å²) < 4.78 is 2.87. The van der Waals surface area contributed by atoms with Crippen molar-refractivity contribution in [3.63, 3.8) is 0 Å². The predicted octanol–water partition coefficient (Wildman–Crippen LogP) is 1.19. The molecule has 0 aliphatic rings. The largest absolute Gasteiger partial charge is 0.352 e. The van der Waals surface area contributed by atoms with E-state index in [0.29, 0.717) is 11.6 Å². The highest BCUT2D eigenvalue weighted by Gasteiger charge is 2.30. The van der Waals surface area contributed by atoms with Crippen LogP contribution in [0.3, 0.4) is 0 Å². The molecule has 0 radical (unpaired) electrons. The maximum Gasteiger partial charge on any atom is 0.306 e. The number of halogens is 1. The van der Waals surface area contributed by atoms with Crippen molar-refractivity contribution in [3.8, 4) is 0 Å². The Hall–Kier alpha value is -2.42. The number of amides is 1. The lowest BCUT2D eigenvalue weighted by molar-refractivity contribution is -0.385. The van der Waals surface area contributed by atoms with Crippen molar-refractivity contribution in [2.24, 2.45) is 0 Å². The summed E-state index contributed by atoms with van der Waals surface area (Å²) in [6.45, 7) is 4.04. The highest BCUT2D eigenvalue weighted by Crippen LogP contribution is 2.17. The number of nitro groups is 1. The quantitative estimate of drug-likeness (QED) is 0.633. The van der Waals surface area contributed by atoms with Crippen molar-refractivity contribution in [1.29, 1.82) is 0 Å². The van der Waals surface area contributed by atoms with Crippen LogP contribution in [0.15, 0.2) is 24.8 Å². The molecule has 2 aromatic rings. The molecule has 2 rings (SSSR count). The summed E-state index contributed by atoms with van der Waals surface area (Å²) in [5, 5.41) is 21.6. The van der Waals surface area contributed by atoms with E-state index in [4.69, 9.17) is 11.6 Å². The summed E-state index contributed by atoms with van der Waals surface area (Å²) in [5.74, 6) is -0.242. The van der Waals surface area contributed by atoms with Crippen LogP contribution >= 0.6 is 11.6 Å². The zero-order valence-electron chi connectivity index (χ0n) is 12.1. The molecule has 0 fully saturated rings. The fraction of sp³-hybridized carbons (Fsp3) is 0.417. The molecule has 0 bridgehead atoms. The Bertz CT molecular complexity index is 693. The second-order valence-corrected chi connectivity index (χ2v) is 5.57. The lowest BCUT2D eigenvalue weighted by atomic mass is 10.1. The molecule has 22 heavy (non-hydrogen) atoms. The summed E-state index contributed by atoms with van der Waals surface area (Å²) in [5.41, 5.74) is -0.985. The number of aromatic nitrogens is 4. The molecule has 0 aliphatic carbocycles. The van der Waals surface area contributed by atoms with E-state index in [2.05, 4.69) is 15.5 Å². The van der Waals surface area contributed by atoms with Gasteiger partial charge in [-0.25, -0.2) is 0 Å². The minimum absolute atomic E-state index is 0.0853. The molecule has 0 saturated heterocycles. The zero-order chi connectivity index (χ0) is 16.3. The van der Waals surface area contributed by atoms with Gasteiger partial charge in [0.25, 0.3) is 0 Å². The first kappa shape index (κ1) is 16.0. The van der Waals surface area contributed by atoms with E-state index in [1.165, 1.54) is 21.8 Å². The van der Waals surface area contributed by atoms with Crippen LogP contribution in [0.4, 0.5) is 5.69 Å². The molecule has 1 amide bonds. The van der Waals surface area contributed by atoms with E-state index in [0.717, 1.165) is 6.20 Å². The van der Waals surface area contributed by atoms with Gasteiger partial charge in [-0.05, 0) is 13.8 Å². The van der Waals surface area contributed by atoms with Crippen molar-refractivity contribution in [2.75, 3.05) is 6.54 Å². The lowest BCUT2D eigenvalue weighted by Gasteiger charge is -2.24. The predicted molar refractivity (Wildman–Crippen MR) is 78.5 cm³/mol. The van der Waals surface area contributed by atoms with E-state index >= 15 is 0 Å². The number of hydrogen-bond donors (Lipinski definition) is 1. The van der Waals surface area contributed by atoms with Gasteiger partial charge in [0.15, 0.2) is 0 Å². The summed E-state index contributed by atoms with van der Waals surface area (Å²) >= 11 is 5.80. The van der Waals surface area contributed by atoms with Gasteiger partial charge in [0, 0.05) is 12.7 Å². The zero-order valence-corrected chi connectivity index (χ0v) is 12.8.